The van der Waals surface area contributed by atoms with Gasteiger partial charge in [0.05, 0.1) is 11.7 Å². The lowest BCUT2D eigenvalue weighted by Gasteiger charge is -2.19. The Balaban J connectivity index is 1.37. The molecule has 2 amide bonds. The molecular weight excluding hydrogens is 360 g/mol. The number of nitrogens with one attached hydrogen (secondary N) is 1. The van der Waals surface area contributed by atoms with Gasteiger partial charge in [0.15, 0.2) is 0 Å². The molecule has 4 heteroatoms. The number of hydrogen-bond acceptors (Lipinski definition) is 2. The van der Waals surface area contributed by atoms with Crippen molar-refractivity contribution in [2.75, 3.05) is 11.4 Å². The van der Waals surface area contributed by atoms with Crippen LogP contribution in [0.25, 0.3) is 10.8 Å². The number of nitrogens with zero attached hydrogens (tertiary/aromatic N) is 1. The Hall–Kier alpha value is -3.14. The minimum Gasteiger partial charge on any atom is -0.350 e. The number of amides is 2. The summed E-state index contributed by atoms with van der Waals surface area (Å²) >= 11 is 0. The Labute approximate surface area is 171 Å². The quantitative estimate of drug-likeness (QED) is 0.643. The lowest BCUT2D eigenvalue weighted by molar-refractivity contribution is -0.121. The topological polar surface area (TPSA) is 49.4 Å². The number of anilines is 1. The predicted octanol–water partition coefficient (Wildman–Crippen LogP) is 5.07. The van der Waals surface area contributed by atoms with Crippen LogP contribution in [0.2, 0.25) is 0 Å². The van der Waals surface area contributed by atoms with Crippen molar-refractivity contribution >= 4 is 28.3 Å². The Morgan fingerprint density at radius 3 is 2.59 bits per heavy atom. The molecule has 4 nitrogen and oxygen atoms in total. The Kier molecular flexibility index (Phi) is 5.10. The zero-order chi connectivity index (χ0) is 20.5. The second kappa shape index (κ2) is 7.70. The first-order chi connectivity index (χ1) is 14.0. The number of benzene rings is 3. The highest BCUT2D eigenvalue weighted by atomic mass is 16.2. The first-order valence-electron chi connectivity index (χ1n) is 10.2. The number of hydrogen-bond donors (Lipinski definition) is 1. The smallest absolute Gasteiger partial charge is 0.258 e. The lowest BCUT2D eigenvalue weighted by atomic mass is 10.00. The molecule has 29 heavy (non-hydrogen) atoms. The van der Waals surface area contributed by atoms with Gasteiger partial charge >= 0.3 is 0 Å². The van der Waals surface area contributed by atoms with E-state index < -0.39 is 0 Å². The third kappa shape index (κ3) is 3.63. The summed E-state index contributed by atoms with van der Waals surface area (Å²) in [5.41, 5.74) is 5.25. The molecule has 3 aromatic carbocycles. The van der Waals surface area contributed by atoms with Crippen molar-refractivity contribution in [3.8, 4) is 0 Å². The molecule has 1 aliphatic rings. The average molecular weight is 386 g/mol. The first-order valence-corrected chi connectivity index (χ1v) is 10.2. The van der Waals surface area contributed by atoms with E-state index in [0.717, 1.165) is 27.6 Å². The summed E-state index contributed by atoms with van der Waals surface area (Å²) in [7, 11) is 0. The van der Waals surface area contributed by atoms with Crippen LogP contribution in [-0.2, 0) is 4.79 Å². The minimum absolute atomic E-state index is 0.0137. The average Bonchev–Trinajstić information content (AvgIpc) is 2.96. The molecule has 0 radical (unpaired) electrons. The SMILES string of the molecule is Cc1ccc([C@@H](C)NC(=O)CCCN2C(=O)c3cccc4cccc2c34)c(C)c1. The summed E-state index contributed by atoms with van der Waals surface area (Å²) in [5, 5.41) is 5.19. The first kappa shape index (κ1) is 19.2. The molecule has 0 saturated carbocycles. The molecule has 148 valence electrons. The van der Waals surface area contributed by atoms with Crippen LogP contribution in [0.15, 0.2) is 54.6 Å². The van der Waals surface area contributed by atoms with Crippen molar-refractivity contribution in [2.45, 2.75) is 39.7 Å². The van der Waals surface area contributed by atoms with E-state index in [0.29, 0.717) is 19.4 Å². The van der Waals surface area contributed by atoms with E-state index in [4.69, 9.17) is 0 Å². The second-order valence-electron chi connectivity index (χ2n) is 7.89. The molecule has 0 bridgehead atoms. The van der Waals surface area contributed by atoms with Crippen LogP contribution in [0.3, 0.4) is 0 Å². The van der Waals surface area contributed by atoms with Crippen LogP contribution in [0.1, 0.15) is 52.9 Å². The van der Waals surface area contributed by atoms with Gasteiger partial charge in [-0.2, -0.15) is 0 Å². The largest absolute Gasteiger partial charge is 0.350 e. The van der Waals surface area contributed by atoms with Gasteiger partial charge in [-0.3, -0.25) is 9.59 Å². The van der Waals surface area contributed by atoms with Crippen molar-refractivity contribution < 1.29 is 9.59 Å². The predicted molar refractivity (Wildman–Crippen MR) is 117 cm³/mol. The molecule has 0 saturated heterocycles. The summed E-state index contributed by atoms with van der Waals surface area (Å²) in [6, 6.07) is 18.1. The molecule has 1 aliphatic heterocycles. The van der Waals surface area contributed by atoms with Gasteiger partial charge in [0.2, 0.25) is 5.91 Å². The van der Waals surface area contributed by atoms with Crippen molar-refractivity contribution in [3.63, 3.8) is 0 Å². The second-order valence-corrected chi connectivity index (χ2v) is 7.89. The summed E-state index contributed by atoms with van der Waals surface area (Å²) < 4.78 is 0. The van der Waals surface area contributed by atoms with Crippen molar-refractivity contribution in [3.05, 3.63) is 76.9 Å². The Morgan fingerprint density at radius 1 is 1.07 bits per heavy atom. The van der Waals surface area contributed by atoms with Crippen LogP contribution < -0.4 is 10.2 Å². The number of carbonyl (C=O) groups is 2. The molecule has 0 spiro atoms. The zero-order valence-corrected chi connectivity index (χ0v) is 17.2. The zero-order valence-electron chi connectivity index (χ0n) is 17.2. The van der Waals surface area contributed by atoms with E-state index in [-0.39, 0.29) is 17.9 Å². The van der Waals surface area contributed by atoms with Gasteiger partial charge in [-0.1, -0.05) is 48.0 Å². The highest BCUT2D eigenvalue weighted by molar-refractivity contribution is 6.25. The third-order valence-electron chi connectivity index (χ3n) is 5.70. The normalized spacial score (nSPS) is 13.8. The van der Waals surface area contributed by atoms with Gasteiger partial charge in [0, 0.05) is 23.9 Å². The van der Waals surface area contributed by atoms with Crippen molar-refractivity contribution in [1.29, 1.82) is 0 Å². The molecular formula is C25H26N2O2. The van der Waals surface area contributed by atoms with E-state index in [1.165, 1.54) is 11.1 Å². The van der Waals surface area contributed by atoms with E-state index in [1.807, 2.05) is 43.3 Å². The molecule has 1 N–H and O–H groups in total. The van der Waals surface area contributed by atoms with Crippen molar-refractivity contribution in [1.82, 2.24) is 5.32 Å². The van der Waals surface area contributed by atoms with Gasteiger partial charge in [-0.15, -0.1) is 0 Å². The summed E-state index contributed by atoms with van der Waals surface area (Å²) in [4.78, 5) is 27.1. The fraction of sp³-hybridized carbons (Fsp3) is 0.280. The Morgan fingerprint density at radius 2 is 1.83 bits per heavy atom. The maximum atomic E-state index is 12.8. The third-order valence-corrected chi connectivity index (χ3v) is 5.70. The van der Waals surface area contributed by atoms with Crippen LogP contribution >= 0.6 is 0 Å². The fourth-order valence-electron chi connectivity index (χ4n) is 4.30. The standard InChI is InChI=1S/C25H26N2O2/c1-16-12-13-20(17(2)15-16)18(3)26-23(28)11-6-14-27-22-10-5-8-19-7-4-9-21(24(19)22)25(27)29/h4-5,7-10,12-13,15,18H,6,11,14H2,1-3H3,(H,26,28)/t18-/m1/s1. The Bertz CT molecular complexity index is 1100. The minimum atomic E-state index is -0.0329. The van der Waals surface area contributed by atoms with Gasteiger partial charge < -0.3 is 10.2 Å². The van der Waals surface area contributed by atoms with Crippen LogP contribution in [0, 0.1) is 13.8 Å². The molecule has 3 aromatic rings. The highest BCUT2D eigenvalue weighted by Gasteiger charge is 2.29. The van der Waals surface area contributed by atoms with Crippen LogP contribution in [0.4, 0.5) is 5.69 Å². The lowest BCUT2D eigenvalue weighted by Crippen LogP contribution is -2.30. The van der Waals surface area contributed by atoms with E-state index in [1.54, 1.807) is 4.90 Å². The van der Waals surface area contributed by atoms with E-state index in [2.05, 4.69) is 37.4 Å². The summed E-state index contributed by atoms with van der Waals surface area (Å²) in [6.07, 6.45) is 1.02. The number of carbonyl (C=O) groups excluding carboxylic acids is 2. The van der Waals surface area contributed by atoms with E-state index >= 15 is 0 Å². The summed E-state index contributed by atoms with van der Waals surface area (Å²) in [5.74, 6) is 0.0423. The molecule has 1 heterocycles. The number of aryl methyl sites for hydroxylation is 2. The molecule has 0 fully saturated rings. The molecule has 0 aliphatic carbocycles. The maximum absolute atomic E-state index is 12.8. The van der Waals surface area contributed by atoms with Gasteiger partial charge in [0.1, 0.15) is 0 Å². The number of rotatable bonds is 6. The highest BCUT2D eigenvalue weighted by Crippen LogP contribution is 2.37. The van der Waals surface area contributed by atoms with E-state index in [9.17, 15) is 9.59 Å². The monoisotopic (exact) mass is 386 g/mol. The van der Waals surface area contributed by atoms with Crippen LogP contribution in [0.5, 0.6) is 0 Å². The van der Waals surface area contributed by atoms with Gasteiger partial charge in [0.25, 0.3) is 5.91 Å². The maximum Gasteiger partial charge on any atom is 0.258 e. The molecule has 0 aromatic heterocycles. The molecule has 1 atom stereocenters. The molecule has 0 unspecified atom stereocenters. The van der Waals surface area contributed by atoms with Crippen molar-refractivity contribution in [2.24, 2.45) is 0 Å². The summed E-state index contributed by atoms with van der Waals surface area (Å²) in [6.45, 7) is 6.69. The molecule has 4 rings (SSSR count). The fourth-order valence-corrected chi connectivity index (χ4v) is 4.30. The van der Waals surface area contributed by atoms with Gasteiger partial charge in [-0.05, 0) is 55.8 Å². The van der Waals surface area contributed by atoms with Gasteiger partial charge in [-0.25, -0.2) is 0 Å². The van der Waals surface area contributed by atoms with Crippen LogP contribution in [-0.4, -0.2) is 18.4 Å².